The monoisotopic (exact) mass is 430 g/mol. The highest BCUT2D eigenvalue weighted by Crippen LogP contribution is 2.33. The number of fused-ring (bicyclic) bond motifs is 1. The Kier molecular flexibility index (Phi) is 5.69. The Hall–Kier alpha value is -4.06. The van der Waals surface area contributed by atoms with Crippen LogP contribution in [0.1, 0.15) is 21.5 Å². The maximum absolute atomic E-state index is 13.0. The van der Waals surface area contributed by atoms with Crippen LogP contribution < -0.4 is 15.1 Å². The molecule has 6 heteroatoms. The van der Waals surface area contributed by atoms with Crippen molar-refractivity contribution < 1.29 is 23.8 Å². The molecule has 0 spiro atoms. The number of Topliss-reactive ketones (excluding diaryl/α,β-unsaturated/α-hetero) is 1. The Balaban J connectivity index is 1.70. The van der Waals surface area contributed by atoms with Crippen molar-refractivity contribution in [3.05, 3.63) is 87.8 Å². The fraction of sp³-hybridized carbons (Fsp3) is 0.154. The van der Waals surface area contributed by atoms with Gasteiger partial charge in [-0.05, 0) is 60.5 Å². The molecule has 1 aromatic heterocycles. The summed E-state index contributed by atoms with van der Waals surface area (Å²) < 4.78 is 16.1. The van der Waals surface area contributed by atoms with E-state index >= 15 is 0 Å². The van der Waals surface area contributed by atoms with Gasteiger partial charge < -0.3 is 19.0 Å². The zero-order valence-electron chi connectivity index (χ0n) is 18.0. The van der Waals surface area contributed by atoms with Crippen molar-refractivity contribution in [3.8, 4) is 28.4 Å². The molecule has 0 aliphatic carbocycles. The smallest absolute Gasteiger partial charge is 0.339 e. The number of phenols is 1. The number of hydrogen-bond acceptors (Lipinski definition) is 6. The van der Waals surface area contributed by atoms with Crippen molar-refractivity contribution in [3.63, 3.8) is 0 Å². The molecule has 6 nitrogen and oxygen atoms in total. The highest BCUT2D eigenvalue weighted by Gasteiger charge is 2.16. The number of ether oxygens (including phenoxy) is 2. The van der Waals surface area contributed by atoms with Crippen molar-refractivity contribution in [1.82, 2.24) is 0 Å². The lowest BCUT2D eigenvalue weighted by molar-refractivity contribution is 0.0992. The second kappa shape index (κ2) is 8.59. The minimum Gasteiger partial charge on any atom is -0.508 e. The molecule has 1 heterocycles. The van der Waals surface area contributed by atoms with Crippen molar-refractivity contribution in [2.24, 2.45) is 0 Å². The summed E-state index contributed by atoms with van der Waals surface area (Å²) in [6.07, 6.45) is -0.109. The number of carbonyl (C=O) groups is 1. The predicted molar refractivity (Wildman–Crippen MR) is 122 cm³/mol. The summed E-state index contributed by atoms with van der Waals surface area (Å²) in [5.41, 5.74) is 2.62. The van der Waals surface area contributed by atoms with Crippen LogP contribution in [0, 0.1) is 6.92 Å². The van der Waals surface area contributed by atoms with Crippen LogP contribution >= 0.6 is 0 Å². The first kappa shape index (κ1) is 21.2. The molecule has 1 N–H and O–H groups in total. The van der Waals surface area contributed by atoms with E-state index in [4.69, 9.17) is 13.9 Å². The number of carbonyl (C=O) groups excluding carboxylic acids is 1. The zero-order chi connectivity index (χ0) is 22.8. The number of aryl methyl sites for hydroxylation is 1. The van der Waals surface area contributed by atoms with Gasteiger partial charge in [0.05, 0.1) is 14.2 Å². The topological polar surface area (TPSA) is 86.0 Å². The van der Waals surface area contributed by atoms with Crippen molar-refractivity contribution in [1.29, 1.82) is 0 Å². The van der Waals surface area contributed by atoms with E-state index in [-0.39, 0.29) is 29.1 Å². The fourth-order valence-electron chi connectivity index (χ4n) is 3.61. The van der Waals surface area contributed by atoms with Gasteiger partial charge in [-0.3, -0.25) is 4.79 Å². The van der Waals surface area contributed by atoms with E-state index < -0.39 is 5.63 Å². The molecule has 0 aliphatic rings. The fourth-order valence-corrected chi connectivity index (χ4v) is 3.61. The van der Waals surface area contributed by atoms with Crippen LogP contribution in [0.3, 0.4) is 0 Å². The number of hydrogen-bond donors (Lipinski definition) is 1. The largest absolute Gasteiger partial charge is 0.508 e. The molecule has 0 saturated carbocycles. The van der Waals surface area contributed by atoms with Gasteiger partial charge >= 0.3 is 5.63 Å². The summed E-state index contributed by atoms with van der Waals surface area (Å²) in [6, 6.07) is 17.4. The lowest BCUT2D eigenvalue weighted by Crippen LogP contribution is -2.13. The summed E-state index contributed by atoms with van der Waals surface area (Å²) in [6.45, 7) is 1.75. The molecule has 0 atom stereocenters. The van der Waals surface area contributed by atoms with Gasteiger partial charge in [0.2, 0.25) is 0 Å². The van der Waals surface area contributed by atoms with Crippen molar-refractivity contribution >= 4 is 16.8 Å². The van der Waals surface area contributed by atoms with Gasteiger partial charge in [-0.2, -0.15) is 0 Å². The third-order valence-corrected chi connectivity index (χ3v) is 5.38. The van der Waals surface area contributed by atoms with Gasteiger partial charge in [0, 0.05) is 34.6 Å². The van der Waals surface area contributed by atoms with Gasteiger partial charge in [-0.25, -0.2) is 4.79 Å². The standard InChI is InChI=1S/C26H22O6/c1-15-9-18-10-19(26(29)32-25(18)14-22(15)27)13-23(28)17-7-8-24(31-3)21(12-17)16-5-4-6-20(11-16)30-2/h4-12,14,27H,13H2,1-3H3. The van der Waals surface area contributed by atoms with E-state index in [0.717, 1.165) is 11.1 Å². The molecule has 0 amide bonds. The minimum atomic E-state index is -0.601. The van der Waals surface area contributed by atoms with Crippen molar-refractivity contribution in [2.45, 2.75) is 13.3 Å². The molecule has 4 rings (SSSR count). The van der Waals surface area contributed by atoms with Crippen LogP contribution in [-0.2, 0) is 6.42 Å². The third-order valence-electron chi connectivity index (χ3n) is 5.38. The second-order valence-electron chi connectivity index (χ2n) is 7.48. The summed E-state index contributed by atoms with van der Waals surface area (Å²) in [5.74, 6) is 1.14. The average Bonchev–Trinajstić information content (AvgIpc) is 2.80. The van der Waals surface area contributed by atoms with Crippen molar-refractivity contribution in [2.75, 3.05) is 14.2 Å². The first-order chi connectivity index (χ1) is 15.4. The Labute approximate surface area is 184 Å². The molecule has 4 aromatic rings. The Bertz CT molecular complexity index is 1380. The maximum Gasteiger partial charge on any atom is 0.339 e. The summed E-state index contributed by atoms with van der Waals surface area (Å²) >= 11 is 0. The molecule has 0 radical (unpaired) electrons. The third kappa shape index (κ3) is 4.07. The van der Waals surface area contributed by atoms with E-state index in [1.807, 2.05) is 24.3 Å². The quantitative estimate of drug-likeness (QED) is 0.345. The first-order valence-electron chi connectivity index (χ1n) is 10.0. The molecule has 0 fully saturated rings. The molecular formula is C26H22O6. The highest BCUT2D eigenvalue weighted by atomic mass is 16.5. The number of ketones is 1. The van der Waals surface area contributed by atoms with Crippen LogP contribution in [0.4, 0.5) is 0 Å². The number of benzene rings is 3. The van der Waals surface area contributed by atoms with Crippen LogP contribution in [0.15, 0.2) is 69.9 Å². The minimum absolute atomic E-state index is 0.0489. The Morgan fingerprint density at radius 1 is 1.00 bits per heavy atom. The summed E-state index contributed by atoms with van der Waals surface area (Å²) in [7, 11) is 3.16. The summed E-state index contributed by atoms with van der Waals surface area (Å²) in [4.78, 5) is 25.5. The average molecular weight is 430 g/mol. The normalized spacial score (nSPS) is 10.8. The second-order valence-corrected chi connectivity index (χ2v) is 7.48. The number of methoxy groups -OCH3 is 2. The number of aromatic hydroxyl groups is 1. The number of phenolic OH excluding ortho intramolecular Hbond substituents is 1. The molecule has 3 aromatic carbocycles. The first-order valence-corrected chi connectivity index (χ1v) is 10.0. The molecule has 0 unspecified atom stereocenters. The van der Waals surface area contributed by atoms with Crippen LogP contribution in [0.5, 0.6) is 17.2 Å². The van der Waals surface area contributed by atoms with Gasteiger partial charge in [-0.15, -0.1) is 0 Å². The van der Waals surface area contributed by atoms with Crippen LogP contribution in [0.25, 0.3) is 22.1 Å². The van der Waals surface area contributed by atoms with E-state index in [2.05, 4.69) is 0 Å². The molecular weight excluding hydrogens is 408 g/mol. The van der Waals surface area contributed by atoms with E-state index in [0.29, 0.717) is 28.0 Å². The van der Waals surface area contributed by atoms with Gasteiger partial charge in [0.25, 0.3) is 0 Å². The van der Waals surface area contributed by atoms with Gasteiger partial charge in [-0.1, -0.05) is 12.1 Å². The number of rotatable bonds is 6. The lowest BCUT2D eigenvalue weighted by Gasteiger charge is -2.12. The maximum atomic E-state index is 13.0. The molecule has 0 saturated heterocycles. The van der Waals surface area contributed by atoms with Crippen LogP contribution in [0.2, 0.25) is 0 Å². The van der Waals surface area contributed by atoms with Gasteiger partial charge in [0.15, 0.2) is 5.78 Å². The molecule has 0 aliphatic heterocycles. The Morgan fingerprint density at radius 3 is 2.56 bits per heavy atom. The zero-order valence-corrected chi connectivity index (χ0v) is 18.0. The highest BCUT2D eigenvalue weighted by molar-refractivity contribution is 5.99. The summed E-state index contributed by atoms with van der Waals surface area (Å²) in [5, 5.41) is 10.5. The van der Waals surface area contributed by atoms with Crippen LogP contribution in [-0.4, -0.2) is 25.1 Å². The predicted octanol–water partition coefficient (Wildman–Crippen LogP) is 4.92. The SMILES string of the molecule is COc1cccc(-c2cc(C(=O)Cc3cc4cc(C)c(O)cc4oc3=O)ccc2OC)c1. The van der Waals surface area contributed by atoms with E-state index in [9.17, 15) is 14.7 Å². The lowest BCUT2D eigenvalue weighted by atomic mass is 9.97. The Morgan fingerprint density at radius 2 is 1.81 bits per heavy atom. The molecule has 0 bridgehead atoms. The van der Waals surface area contributed by atoms with E-state index in [1.165, 1.54) is 6.07 Å². The molecule has 162 valence electrons. The molecule has 32 heavy (non-hydrogen) atoms. The van der Waals surface area contributed by atoms with E-state index in [1.54, 1.807) is 51.5 Å². The van der Waals surface area contributed by atoms with Gasteiger partial charge in [0.1, 0.15) is 22.8 Å².